The van der Waals surface area contributed by atoms with Crippen molar-refractivity contribution in [2.45, 2.75) is 90.4 Å². The lowest BCUT2D eigenvalue weighted by Crippen LogP contribution is -2.22. The number of carboxylic acids is 1. The van der Waals surface area contributed by atoms with Gasteiger partial charge in [-0.05, 0) is 20.0 Å². The molecule has 0 atom stereocenters. The van der Waals surface area contributed by atoms with E-state index in [9.17, 15) is 4.79 Å². The molecule has 0 saturated heterocycles. The lowest BCUT2D eigenvalue weighted by molar-refractivity contribution is -0.137. The van der Waals surface area contributed by atoms with Gasteiger partial charge in [0.15, 0.2) is 0 Å². The summed E-state index contributed by atoms with van der Waals surface area (Å²) in [6.07, 6.45) is 16.7. The van der Waals surface area contributed by atoms with Crippen molar-refractivity contribution in [2.75, 3.05) is 20.1 Å². The minimum atomic E-state index is -0.698. The van der Waals surface area contributed by atoms with Gasteiger partial charge >= 0.3 is 5.97 Å². The summed E-state index contributed by atoms with van der Waals surface area (Å²) in [5.41, 5.74) is 0. The van der Waals surface area contributed by atoms with Gasteiger partial charge in [-0.2, -0.15) is 0 Å². The predicted octanol–water partition coefficient (Wildman–Crippen LogP) is 5.09. The Kier molecular flexibility index (Phi) is 15.4. The van der Waals surface area contributed by atoms with Gasteiger partial charge in [-0.15, -0.1) is 0 Å². The van der Waals surface area contributed by atoms with E-state index in [2.05, 4.69) is 11.8 Å². The lowest BCUT2D eigenvalue weighted by atomic mass is 10.1. The normalized spacial score (nSPS) is 11.2. The Labute approximate surface area is 132 Å². The third-order valence-electron chi connectivity index (χ3n) is 4.10. The number of hydrogen-bond acceptors (Lipinski definition) is 2. The van der Waals surface area contributed by atoms with Gasteiger partial charge in [-0.1, -0.05) is 77.6 Å². The fourth-order valence-electron chi connectivity index (χ4n) is 2.62. The maximum atomic E-state index is 10.5. The van der Waals surface area contributed by atoms with E-state index >= 15 is 0 Å². The van der Waals surface area contributed by atoms with E-state index in [0.29, 0.717) is 6.54 Å². The van der Waals surface area contributed by atoms with Crippen molar-refractivity contribution in [3.63, 3.8) is 0 Å². The molecule has 3 nitrogen and oxygen atoms in total. The molecule has 0 aliphatic heterocycles. The van der Waals surface area contributed by atoms with Crippen molar-refractivity contribution >= 4 is 5.97 Å². The van der Waals surface area contributed by atoms with Crippen molar-refractivity contribution in [3.8, 4) is 0 Å². The Morgan fingerprint density at radius 1 is 0.762 bits per heavy atom. The lowest BCUT2D eigenvalue weighted by Gasteiger charge is -2.14. The molecule has 21 heavy (non-hydrogen) atoms. The first-order valence-corrected chi connectivity index (χ1v) is 9.07. The van der Waals surface area contributed by atoms with Gasteiger partial charge in [0.2, 0.25) is 0 Å². The quantitative estimate of drug-likeness (QED) is 0.403. The van der Waals surface area contributed by atoms with Gasteiger partial charge in [-0.25, -0.2) is 0 Å². The molecule has 3 heteroatoms. The van der Waals surface area contributed by atoms with Crippen LogP contribution in [-0.2, 0) is 4.79 Å². The molecule has 0 heterocycles. The van der Waals surface area contributed by atoms with Crippen LogP contribution >= 0.6 is 0 Å². The van der Waals surface area contributed by atoms with E-state index in [-0.39, 0.29) is 6.42 Å². The summed E-state index contributed by atoms with van der Waals surface area (Å²) in [5.74, 6) is -0.698. The standard InChI is InChI=1S/C18H37NO2/c1-3-4-5-6-7-8-9-10-11-12-13-14-16-19(2)17-15-18(20)21/h3-17H2,1-2H3,(H,20,21). The highest BCUT2D eigenvalue weighted by Crippen LogP contribution is 2.12. The van der Waals surface area contributed by atoms with E-state index in [4.69, 9.17) is 5.11 Å². The van der Waals surface area contributed by atoms with Gasteiger partial charge in [-0.3, -0.25) is 4.79 Å². The fourth-order valence-corrected chi connectivity index (χ4v) is 2.62. The molecule has 0 aromatic rings. The molecule has 0 radical (unpaired) electrons. The van der Waals surface area contributed by atoms with Crippen LogP contribution in [0.15, 0.2) is 0 Å². The molecule has 126 valence electrons. The maximum absolute atomic E-state index is 10.5. The summed E-state index contributed by atoms with van der Waals surface area (Å²) in [7, 11) is 2.02. The molecule has 1 N–H and O–H groups in total. The molecular weight excluding hydrogens is 262 g/mol. The molecule has 0 aromatic carbocycles. The largest absolute Gasteiger partial charge is 0.481 e. The fraction of sp³-hybridized carbons (Fsp3) is 0.944. The van der Waals surface area contributed by atoms with Crippen LogP contribution in [-0.4, -0.2) is 36.1 Å². The summed E-state index contributed by atoms with van der Waals surface area (Å²) in [6, 6.07) is 0. The van der Waals surface area contributed by atoms with Crippen LogP contribution in [0.3, 0.4) is 0 Å². The molecule has 0 fully saturated rings. The number of carbonyl (C=O) groups is 1. The summed E-state index contributed by atoms with van der Waals surface area (Å²) in [6.45, 7) is 3.97. The van der Waals surface area contributed by atoms with Crippen LogP contribution < -0.4 is 0 Å². The van der Waals surface area contributed by atoms with Gasteiger partial charge in [0.1, 0.15) is 0 Å². The molecule has 0 aliphatic rings. The van der Waals surface area contributed by atoms with Crippen molar-refractivity contribution in [1.29, 1.82) is 0 Å². The Bertz CT molecular complexity index is 231. The van der Waals surface area contributed by atoms with E-state index in [1.165, 1.54) is 77.0 Å². The first-order chi connectivity index (χ1) is 10.2. The highest BCUT2D eigenvalue weighted by Gasteiger charge is 2.01. The number of unbranched alkanes of at least 4 members (excludes halogenated alkanes) is 11. The molecule has 0 aliphatic carbocycles. The average Bonchev–Trinajstić information content (AvgIpc) is 2.46. The first-order valence-electron chi connectivity index (χ1n) is 9.07. The predicted molar refractivity (Wildman–Crippen MR) is 90.8 cm³/mol. The zero-order valence-electron chi connectivity index (χ0n) is 14.4. The zero-order valence-corrected chi connectivity index (χ0v) is 14.4. The second-order valence-electron chi connectivity index (χ2n) is 6.34. The van der Waals surface area contributed by atoms with Crippen molar-refractivity contribution in [2.24, 2.45) is 0 Å². The Hall–Kier alpha value is -0.570. The topological polar surface area (TPSA) is 40.5 Å². The van der Waals surface area contributed by atoms with E-state index in [1.807, 2.05) is 7.05 Å². The molecule has 0 unspecified atom stereocenters. The second kappa shape index (κ2) is 15.8. The van der Waals surface area contributed by atoms with E-state index in [0.717, 1.165) is 6.54 Å². The number of rotatable bonds is 16. The third-order valence-corrected chi connectivity index (χ3v) is 4.10. The third kappa shape index (κ3) is 17.4. The number of carboxylic acid groups (broad SMARTS) is 1. The van der Waals surface area contributed by atoms with Crippen molar-refractivity contribution in [1.82, 2.24) is 4.90 Å². The van der Waals surface area contributed by atoms with Gasteiger partial charge in [0, 0.05) is 6.54 Å². The van der Waals surface area contributed by atoms with Crippen molar-refractivity contribution in [3.05, 3.63) is 0 Å². The number of nitrogens with zero attached hydrogens (tertiary/aromatic N) is 1. The van der Waals surface area contributed by atoms with Crippen LogP contribution in [0.2, 0.25) is 0 Å². The van der Waals surface area contributed by atoms with Crippen LogP contribution in [0.25, 0.3) is 0 Å². The summed E-state index contributed by atoms with van der Waals surface area (Å²) < 4.78 is 0. The maximum Gasteiger partial charge on any atom is 0.304 e. The monoisotopic (exact) mass is 299 g/mol. The van der Waals surface area contributed by atoms with Crippen LogP contribution in [0, 0.1) is 0 Å². The van der Waals surface area contributed by atoms with Crippen LogP contribution in [0.4, 0.5) is 0 Å². The molecule has 0 saturated carbocycles. The Morgan fingerprint density at radius 3 is 1.62 bits per heavy atom. The molecule has 0 aromatic heterocycles. The zero-order chi connectivity index (χ0) is 15.8. The van der Waals surface area contributed by atoms with E-state index < -0.39 is 5.97 Å². The van der Waals surface area contributed by atoms with Gasteiger partial charge < -0.3 is 10.0 Å². The van der Waals surface area contributed by atoms with Crippen LogP contribution in [0.1, 0.15) is 90.4 Å². The summed E-state index contributed by atoms with van der Waals surface area (Å²) in [5, 5.41) is 8.61. The molecule has 0 rings (SSSR count). The average molecular weight is 299 g/mol. The second-order valence-corrected chi connectivity index (χ2v) is 6.34. The van der Waals surface area contributed by atoms with E-state index in [1.54, 1.807) is 0 Å². The van der Waals surface area contributed by atoms with Crippen molar-refractivity contribution < 1.29 is 9.90 Å². The Morgan fingerprint density at radius 2 is 1.19 bits per heavy atom. The minimum Gasteiger partial charge on any atom is -0.481 e. The van der Waals surface area contributed by atoms with Crippen LogP contribution in [0.5, 0.6) is 0 Å². The van der Waals surface area contributed by atoms with Gasteiger partial charge in [0.05, 0.1) is 6.42 Å². The summed E-state index contributed by atoms with van der Waals surface area (Å²) in [4.78, 5) is 12.6. The number of hydrogen-bond donors (Lipinski definition) is 1. The molecule has 0 spiro atoms. The summed E-state index contributed by atoms with van der Waals surface area (Å²) >= 11 is 0. The minimum absolute atomic E-state index is 0.259. The highest BCUT2D eigenvalue weighted by atomic mass is 16.4. The molecule has 0 amide bonds. The SMILES string of the molecule is CCCCCCCCCCCCCCN(C)CCC(=O)O. The Balaban J connectivity index is 3.10. The molecular formula is C18H37NO2. The number of aliphatic carboxylic acids is 1. The molecule has 0 bridgehead atoms. The highest BCUT2D eigenvalue weighted by molar-refractivity contribution is 5.66. The first kappa shape index (κ1) is 20.4. The smallest absolute Gasteiger partial charge is 0.304 e. The van der Waals surface area contributed by atoms with Gasteiger partial charge in [0.25, 0.3) is 0 Å².